The van der Waals surface area contributed by atoms with E-state index in [-0.39, 0.29) is 18.4 Å². The van der Waals surface area contributed by atoms with E-state index >= 15 is 0 Å². The minimum atomic E-state index is -0.859. The van der Waals surface area contributed by atoms with Crippen LogP contribution in [0.1, 0.15) is 46.9 Å². The summed E-state index contributed by atoms with van der Waals surface area (Å²) in [6, 6.07) is 17.6. The highest BCUT2D eigenvalue weighted by Crippen LogP contribution is 2.44. The topological polar surface area (TPSA) is 93.2 Å². The number of aromatic nitrogens is 4. The van der Waals surface area contributed by atoms with Gasteiger partial charge in [-0.1, -0.05) is 58.4 Å². The molecule has 184 valence electrons. The number of nitrogens with zero attached hydrogens (tertiary/aromatic N) is 5. The number of carbonyl (C=O) groups excluding carboxylic acids is 1. The molecule has 1 unspecified atom stereocenters. The van der Waals surface area contributed by atoms with Crippen molar-refractivity contribution in [3.05, 3.63) is 94.6 Å². The lowest BCUT2D eigenvalue weighted by molar-refractivity contribution is -0.137. The summed E-state index contributed by atoms with van der Waals surface area (Å²) in [5, 5.41) is 14.0. The van der Waals surface area contributed by atoms with Gasteiger partial charge in [-0.05, 0) is 30.5 Å². The fourth-order valence-corrected chi connectivity index (χ4v) is 5.05. The van der Waals surface area contributed by atoms with Gasteiger partial charge in [0.25, 0.3) is 5.91 Å². The van der Waals surface area contributed by atoms with E-state index in [1.165, 1.54) is 0 Å². The second-order valence-corrected chi connectivity index (χ2v) is 9.72. The number of amides is 1. The summed E-state index contributed by atoms with van der Waals surface area (Å²) in [5.41, 5.74) is 4.14. The Morgan fingerprint density at radius 3 is 2.47 bits per heavy atom. The van der Waals surface area contributed by atoms with Crippen molar-refractivity contribution in [3.8, 4) is 11.3 Å². The Balaban J connectivity index is 1.57. The van der Waals surface area contributed by atoms with Gasteiger partial charge in [-0.15, -0.1) is 0 Å². The number of carbonyl (C=O) groups is 2. The highest BCUT2D eigenvalue weighted by molar-refractivity contribution is 9.10. The first-order valence-electron chi connectivity index (χ1n) is 11.9. The Hall–Kier alpha value is -3.72. The molecule has 0 radical (unpaired) electrons. The van der Waals surface area contributed by atoms with Crippen LogP contribution in [0.5, 0.6) is 0 Å². The van der Waals surface area contributed by atoms with Crippen molar-refractivity contribution in [2.24, 2.45) is 0 Å². The zero-order valence-electron chi connectivity index (χ0n) is 19.6. The first-order valence-corrected chi connectivity index (χ1v) is 12.7. The molecule has 36 heavy (non-hydrogen) atoms. The maximum absolute atomic E-state index is 13.9. The predicted octanol–water partition coefficient (Wildman–Crippen LogP) is 5.01. The van der Waals surface area contributed by atoms with Gasteiger partial charge in [-0.25, -0.2) is 4.98 Å². The summed E-state index contributed by atoms with van der Waals surface area (Å²) < 4.78 is 4.69. The molecule has 4 aromatic rings. The molecule has 0 bridgehead atoms. The summed E-state index contributed by atoms with van der Waals surface area (Å²) in [6.07, 6.45) is 6.63. The van der Waals surface area contributed by atoms with E-state index in [1.807, 2.05) is 70.3 Å². The second kappa shape index (κ2) is 10.5. The Kier molecular flexibility index (Phi) is 6.99. The van der Waals surface area contributed by atoms with Crippen molar-refractivity contribution >= 4 is 27.8 Å². The third-order valence-electron chi connectivity index (χ3n) is 6.41. The molecule has 8 nitrogen and oxygen atoms in total. The molecule has 1 N–H and O–H groups in total. The third-order valence-corrected chi connectivity index (χ3v) is 6.93. The highest BCUT2D eigenvalue weighted by Gasteiger charge is 2.43. The predicted molar refractivity (Wildman–Crippen MR) is 138 cm³/mol. The van der Waals surface area contributed by atoms with Gasteiger partial charge in [0.1, 0.15) is 5.69 Å². The largest absolute Gasteiger partial charge is 0.481 e. The van der Waals surface area contributed by atoms with Crippen molar-refractivity contribution in [3.63, 3.8) is 0 Å². The van der Waals surface area contributed by atoms with Crippen molar-refractivity contribution in [1.29, 1.82) is 0 Å². The molecule has 1 aliphatic rings. The fraction of sp³-hybridized carbons (Fsp3) is 0.259. The van der Waals surface area contributed by atoms with Crippen molar-refractivity contribution in [2.75, 3.05) is 6.54 Å². The molecule has 0 saturated heterocycles. The fourth-order valence-electron chi connectivity index (χ4n) is 4.79. The van der Waals surface area contributed by atoms with Gasteiger partial charge >= 0.3 is 5.97 Å². The Morgan fingerprint density at radius 1 is 1.00 bits per heavy atom. The van der Waals surface area contributed by atoms with Crippen LogP contribution in [0.2, 0.25) is 0 Å². The molecule has 0 spiro atoms. The van der Waals surface area contributed by atoms with Crippen molar-refractivity contribution in [2.45, 2.75) is 38.4 Å². The monoisotopic (exact) mass is 547 g/mol. The molecule has 1 aliphatic heterocycles. The maximum Gasteiger partial charge on any atom is 0.303 e. The first kappa shape index (κ1) is 24.0. The Morgan fingerprint density at radius 2 is 1.78 bits per heavy atom. The molecular formula is C27H26BrN5O3. The number of imidazole rings is 1. The minimum absolute atomic E-state index is 0.0221. The lowest BCUT2D eigenvalue weighted by atomic mass is 9.96. The van der Waals surface area contributed by atoms with Crippen LogP contribution in [-0.4, -0.2) is 47.8 Å². The second-order valence-electron chi connectivity index (χ2n) is 8.80. The summed E-state index contributed by atoms with van der Waals surface area (Å²) in [4.78, 5) is 31.1. The van der Waals surface area contributed by atoms with Crippen LogP contribution in [0.3, 0.4) is 0 Å². The van der Waals surface area contributed by atoms with Crippen molar-refractivity contribution < 1.29 is 14.7 Å². The molecule has 2 aromatic carbocycles. The lowest BCUT2D eigenvalue weighted by Crippen LogP contribution is -2.32. The van der Waals surface area contributed by atoms with E-state index in [0.717, 1.165) is 39.8 Å². The molecule has 5 rings (SSSR count). The number of hydrogen-bond donors (Lipinski definition) is 1. The summed E-state index contributed by atoms with van der Waals surface area (Å²) >= 11 is 3.52. The number of carboxylic acid groups (broad SMARTS) is 1. The average molecular weight is 548 g/mol. The van der Waals surface area contributed by atoms with Gasteiger partial charge in [0, 0.05) is 54.0 Å². The SMILES string of the molecule is O=C(O)CCCn1nc(-c2ccccc2)c2c1C(=O)N(CCCn1ccnc1)C2c1ccc(Br)cc1. The molecule has 2 aromatic heterocycles. The Bertz CT molecular complexity index is 1350. The van der Waals surface area contributed by atoms with Gasteiger partial charge in [-0.2, -0.15) is 5.10 Å². The number of halogens is 1. The van der Waals surface area contributed by atoms with Gasteiger partial charge in [0.05, 0.1) is 18.1 Å². The van der Waals surface area contributed by atoms with Crippen molar-refractivity contribution in [1.82, 2.24) is 24.2 Å². The quantitative estimate of drug-likeness (QED) is 0.301. The third kappa shape index (κ3) is 4.83. The van der Waals surface area contributed by atoms with Crippen LogP contribution < -0.4 is 0 Å². The normalized spacial score (nSPS) is 14.9. The molecule has 9 heteroatoms. The smallest absolute Gasteiger partial charge is 0.303 e. The molecule has 3 heterocycles. The highest BCUT2D eigenvalue weighted by atomic mass is 79.9. The molecule has 1 atom stereocenters. The molecular weight excluding hydrogens is 522 g/mol. The standard InChI is InChI=1S/C27H26BrN5O3/c28-21-11-9-20(10-12-21)25-23-24(19-6-2-1-3-7-19)30-33(16-4-8-22(34)35)26(23)27(36)32(25)15-5-14-31-17-13-29-18-31/h1-3,6-7,9-13,17-18,25H,4-5,8,14-16H2,(H,34,35). The number of hydrogen-bond acceptors (Lipinski definition) is 4. The molecule has 1 amide bonds. The van der Waals surface area contributed by atoms with E-state index in [0.29, 0.717) is 25.2 Å². The van der Waals surface area contributed by atoms with E-state index in [9.17, 15) is 9.59 Å². The van der Waals surface area contributed by atoms with Crippen LogP contribution in [0.4, 0.5) is 0 Å². The van der Waals surface area contributed by atoms with E-state index < -0.39 is 5.97 Å². The van der Waals surface area contributed by atoms with Crippen LogP contribution in [0.15, 0.2) is 77.8 Å². The van der Waals surface area contributed by atoms with E-state index in [4.69, 9.17) is 10.2 Å². The van der Waals surface area contributed by atoms with Crippen LogP contribution in [0.25, 0.3) is 11.3 Å². The van der Waals surface area contributed by atoms with Crippen LogP contribution in [-0.2, 0) is 17.9 Å². The number of aryl methyl sites for hydroxylation is 2. The minimum Gasteiger partial charge on any atom is -0.481 e. The zero-order valence-corrected chi connectivity index (χ0v) is 21.2. The number of carboxylic acids is 1. The number of aliphatic carboxylic acids is 1. The average Bonchev–Trinajstić information content (AvgIpc) is 3.58. The first-order chi connectivity index (χ1) is 17.5. The van der Waals surface area contributed by atoms with E-state index in [1.54, 1.807) is 17.2 Å². The van der Waals surface area contributed by atoms with Gasteiger partial charge in [0.15, 0.2) is 0 Å². The summed E-state index contributed by atoms with van der Waals surface area (Å²) in [7, 11) is 0. The van der Waals surface area contributed by atoms with Gasteiger partial charge in [-0.3, -0.25) is 14.3 Å². The number of fused-ring (bicyclic) bond motifs is 1. The Labute approximate surface area is 217 Å². The number of benzene rings is 2. The number of rotatable bonds is 10. The van der Waals surface area contributed by atoms with Crippen LogP contribution >= 0.6 is 15.9 Å². The summed E-state index contributed by atoms with van der Waals surface area (Å²) in [5.74, 6) is -0.934. The molecule has 0 saturated carbocycles. The molecule has 0 aliphatic carbocycles. The lowest BCUT2D eigenvalue weighted by Gasteiger charge is -2.26. The summed E-state index contributed by atoms with van der Waals surface area (Å²) in [6.45, 7) is 1.68. The van der Waals surface area contributed by atoms with E-state index in [2.05, 4.69) is 20.9 Å². The zero-order chi connectivity index (χ0) is 25.1. The molecule has 0 fully saturated rings. The van der Waals surface area contributed by atoms with Gasteiger partial charge < -0.3 is 14.6 Å². The maximum atomic E-state index is 13.9. The van der Waals surface area contributed by atoms with Crippen LogP contribution in [0, 0.1) is 0 Å². The van der Waals surface area contributed by atoms with Gasteiger partial charge in [0.2, 0.25) is 0 Å².